The lowest BCUT2D eigenvalue weighted by Gasteiger charge is -2.12. The second-order valence-electron chi connectivity index (χ2n) is 6.42. The highest BCUT2D eigenvalue weighted by Gasteiger charge is 2.26. The number of anilines is 1. The number of ether oxygens (including phenoxy) is 1. The first-order valence-electron chi connectivity index (χ1n) is 9.19. The number of carbonyl (C=O) groups is 1. The Morgan fingerprint density at radius 1 is 1.22 bits per heavy atom. The van der Waals surface area contributed by atoms with E-state index in [9.17, 15) is 4.79 Å². The van der Waals surface area contributed by atoms with Crippen LogP contribution in [-0.4, -0.2) is 17.7 Å². The average Bonchev–Trinajstić information content (AvgIpc) is 2.82. The first-order valence-corrected chi connectivity index (χ1v) is 10.8. The normalized spacial score (nSPS) is 13.4. The van der Waals surface area contributed by atoms with Crippen LogP contribution >= 0.6 is 35.2 Å². The lowest BCUT2D eigenvalue weighted by Crippen LogP contribution is -2.28. The number of fused-ring (bicyclic) bond motifs is 1. The SMILES string of the molecule is CCOC(=O)c1c(NC(=S)NCc2ccc(Cl)cc2)sc2c1CCCCC2. The smallest absolute Gasteiger partial charge is 0.341 e. The van der Waals surface area contributed by atoms with Gasteiger partial charge in [-0.05, 0) is 68.1 Å². The van der Waals surface area contributed by atoms with Gasteiger partial charge in [0.1, 0.15) is 5.00 Å². The molecule has 0 fully saturated rings. The Labute approximate surface area is 174 Å². The highest BCUT2D eigenvalue weighted by atomic mass is 35.5. The summed E-state index contributed by atoms with van der Waals surface area (Å²) in [6.07, 6.45) is 5.41. The van der Waals surface area contributed by atoms with Crippen molar-refractivity contribution < 1.29 is 9.53 Å². The molecule has 0 amide bonds. The summed E-state index contributed by atoms with van der Waals surface area (Å²) in [5.41, 5.74) is 2.88. The Morgan fingerprint density at radius 3 is 2.70 bits per heavy atom. The van der Waals surface area contributed by atoms with Crippen LogP contribution in [0.15, 0.2) is 24.3 Å². The van der Waals surface area contributed by atoms with E-state index in [1.165, 1.54) is 11.3 Å². The molecule has 0 saturated carbocycles. The predicted molar refractivity (Wildman–Crippen MR) is 116 cm³/mol. The first kappa shape index (κ1) is 20.1. The number of nitrogens with one attached hydrogen (secondary N) is 2. The van der Waals surface area contributed by atoms with Crippen molar-refractivity contribution in [3.63, 3.8) is 0 Å². The summed E-state index contributed by atoms with van der Waals surface area (Å²) >= 11 is 13.0. The molecule has 144 valence electrons. The Bertz CT molecular complexity index is 818. The van der Waals surface area contributed by atoms with Crippen molar-refractivity contribution >= 4 is 51.2 Å². The second kappa shape index (κ2) is 9.53. The summed E-state index contributed by atoms with van der Waals surface area (Å²) < 4.78 is 5.31. The van der Waals surface area contributed by atoms with Crippen LogP contribution in [0, 0.1) is 0 Å². The van der Waals surface area contributed by atoms with Crippen molar-refractivity contribution in [2.75, 3.05) is 11.9 Å². The van der Waals surface area contributed by atoms with Gasteiger partial charge in [-0.3, -0.25) is 0 Å². The molecule has 1 aromatic carbocycles. The molecule has 3 rings (SSSR count). The number of hydrogen-bond acceptors (Lipinski definition) is 4. The van der Waals surface area contributed by atoms with E-state index in [2.05, 4.69) is 10.6 Å². The summed E-state index contributed by atoms with van der Waals surface area (Å²) in [6, 6.07) is 7.61. The van der Waals surface area contributed by atoms with Crippen LogP contribution in [-0.2, 0) is 24.1 Å². The maximum absolute atomic E-state index is 12.6. The Morgan fingerprint density at radius 2 is 1.96 bits per heavy atom. The quantitative estimate of drug-likeness (QED) is 0.387. The van der Waals surface area contributed by atoms with Crippen molar-refractivity contribution in [3.05, 3.63) is 50.9 Å². The molecule has 2 aromatic rings. The molecule has 0 aliphatic heterocycles. The minimum absolute atomic E-state index is 0.264. The molecule has 7 heteroatoms. The summed E-state index contributed by atoms with van der Waals surface area (Å²) in [5, 5.41) is 8.40. The molecule has 4 nitrogen and oxygen atoms in total. The molecular formula is C20H23ClN2O2S2. The lowest BCUT2D eigenvalue weighted by molar-refractivity contribution is 0.0527. The van der Waals surface area contributed by atoms with E-state index >= 15 is 0 Å². The van der Waals surface area contributed by atoms with E-state index < -0.39 is 0 Å². The van der Waals surface area contributed by atoms with E-state index in [1.807, 2.05) is 31.2 Å². The van der Waals surface area contributed by atoms with E-state index in [1.54, 1.807) is 11.3 Å². The van der Waals surface area contributed by atoms with Crippen LogP contribution in [0.1, 0.15) is 52.5 Å². The monoisotopic (exact) mass is 422 g/mol. The van der Waals surface area contributed by atoms with Crippen LogP contribution in [0.2, 0.25) is 5.02 Å². The molecule has 1 aromatic heterocycles. The van der Waals surface area contributed by atoms with Crippen LogP contribution in [0.25, 0.3) is 0 Å². The van der Waals surface area contributed by atoms with Crippen molar-refractivity contribution in [3.8, 4) is 0 Å². The molecule has 1 heterocycles. The van der Waals surface area contributed by atoms with Crippen molar-refractivity contribution in [1.29, 1.82) is 0 Å². The summed E-state index contributed by atoms with van der Waals surface area (Å²) in [6.45, 7) is 2.78. The third-order valence-electron chi connectivity index (χ3n) is 4.49. The zero-order valence-corrected chi connectivity index (χ0v) is 17.7. The standard InChI is InChI=1S/C20H23ClN2O2S2/c1-2-25-19(24)17-15-6-4-3-5-7-16(15)27-18(17)23-20(26)22-12-13-8-10-14(21)11-9-13/h8-11H,2-7,12H2,1H3,(H2,22,23,26). The Kier molecular flexibility index (Phi) is 7.10. The van der Waals surface area contributed by atoms with Gasteiger partial charge in [-0.25, -0.2) is 4.79 Å². The number of thiophene rings is 1. The molecular weight excluding hydrogens is 400 g/mol. The first-order chi connectivity index (χ1) is 13.1. The van der Waals surface area contributed by atoms with Crippen molar-refractivity contribution in [2.24, 2.45) is 0 Å². The molecule has 27 heavy (non-hydrogen) atoms. The fourth-order valence-electron chi connectivity index (χ4n) is 3.18. The van der Waals surface area contributed by atoms with E-state index in [-0.39, 0.29) is 5.97 Å². The third-order valence-corrected chi connectivity index (χ3v) is 6.20. The minimum atomic E-state index is -0.264. The molecule has 0 atom stereocenters. The average molecular weight is 423 g/mol. The number of benzene rings is 1. The number of esters is 1. The van der Waals surface area contributed by atoms with Crippen molar-refractivity contribution in [1.82, 2.24) is 5.32 Å². The van der Waals surface area contributed by atoms with Gasteiger partial charge >= 0.3 is 5.97 Å². The summed E-state index contributed by atoms with van der Waals surface area (Å²) in [5.74, 6) is -0.264. The maximum atomic E-state index is 12.6. The van der Waals surface area contributed by atoms with Gasteiger partial charge in [-0.2, -0.15) is 0 Å². The maximum Gasteiger partial charge on any atom is 0.341 e. The summed E-state index contributed by atoms with van der Waals surface area (Å²) in [7, 11) is 0. The lowest BCUT2D eigenvalue weighted by atomic mass is 10.1. The zero-order valence-electron chi connectivity index (χ0n) is 15.3. The molecule has 1 aliphatic rings. The number of rotatable bonds is 5. The van der Waals surface area contributed by atoms with Gasteiger partial charge in [0.15, 0.2) is 5.11 Å². The van der Waals surface area contributed by atoms with E-state index in [0.29, 0.717) is 28.9 Å². The Hall–Kier alpha value is -1.63. The second-order valence-corrected chi connectivity index (χ2v) is 8.37. The van der Waals surface area contributed by atoms with Crippen LogP contribution in [0.4, 0.5) is 5.00 Å². The molecule has 0 saturated heterocycles. The largest absolute Gasteiger partial charge is 0.462 e. The minimum Gasteiger partial charge on any atom is -0.462 e. The molecule has 0 bridgehead atoms. The molecule has 1 aliphatic carbocycles. The van der Waals surface area contributed by atoms with Gasteiger partial charge in [0.05, 0.1) is 12.2 Å². The highest BCUT2D eigenvalue weighted by molar-refractivity contribution is 7.80. The topological polar surface area (TPSA) is 50.4 Å². The van der Waals surface area contributed by atoms with Crippen molar-refractivity contribution in [2.45, 2.75) is 45.6 Å². The molecule has 0 spiro atoms. The number of thiocarbonyl (C=S) groups is 1. The van der Waals surface area contributed by atoms with Crippen LogP contribution in [0.5, 0.6) is 0 Å². The Balaban J connectivity index is 1.73. The fraction of sp³-hybridized carbons (Fsp3) is 0.400. The van der Waals surface area contributed by atoms with Gasteiger partial charge in [0.2, 0.25) is 0 Å². The number of hydrogen-bond donors (Lipinski definition) is 2. The van der Waals surface area contributed by atoms with E-state index in [0.717, 1.165) is 41.8 Å². The number of aryl methyl sites for hydroxylation is 1. The van der Waals surface area contributed by atoms with Crippen LogP contribution in [0.3, 0.4) is 0 Å². The van der Waals surface area contributed by atoms with E-state index in [4.69, 9.17) is 28.6 Å². The molecule has 2 N–H and O–H groups in total. The highest BCUT2D eigenvalue weighted by Crippen LogP contribution is 2.38. The van der Waals surface area contributed by atoms with Gasteiger partial charge in [-0.15, -0.1) is 11.3 Å². The third kappa shape index (κ3) is 5.21. The number of halogens is 1. The zero-order chi connectivity index (χ0) is 19.2. The molecule has 0 unspecified atom stereocenters. The summed E-state index contributed by atoms with van der Waals surface area (Å²) in [4.78, 5) is 13.8. The van der Waals surface area contributed by atoms with Crippen LogP contribution < -0.4 is 10.6 Å². The van der Waals surface area contributed by atoms with Gasteiger partial charge in [-0.1, -0.05) is 30.2 Å². The number of carbonyl (C=O) groups excluding carboxylic acids is 1. The molecule has 0 radical (unpaired) electrons. The van der Waals surface area contributed by atoms with Gasteiger partial charge in [0, 0.05) is 16.4 Å². The van der Waals surface area contributed by atoms with Gasteiger partial charge in [0.25, 0.3) is 0 Å². The van der Waals surface area contributed by atoms with Gasteiger partial charge < -0.3 is 15.4 Å². The predicted octanol–water partition coefficient (Wildman–Crippen LogP) is 5.33. The fourth-order valence-corrected chi connectivity index (χ4v) is 4.83.